The van der Waals surface area contributed by atoms with E-state index in [-0.39, 0.29) is 11.9 Å². The van der Waals surface area contributed by atoms with E-state index in [1.165, 1.54) is 12.8 Å². The van der Waals surface area contributed by atoms with Crippen molar-refractivity contribution in [3.8, 4) is 5.75 Å². The van der Waals surface area contributed by atoms with Crippen LogP contribution in [0, 0.1) is 5.92 Å². The second-order valence-corrected chi connectivity index (χ2v) is 5.83. The van der Waals surface area contributed by atoms with Crippen LogP contribution in [0.4, 0.5) is 5.69 Å². The van der Waals surface area contributed by atoms with Crippen molar-refractivity contribution in [1.29, 1.82) is 0 Å². The number of carbonyl (C=O) groups is 1. The quantitative estimate of drug-likeness (QED) is 0.759. The SMILES string of the molecule is COCCOc1ccc(NC(=O)CC2CCCCC2N)cc1. The molecule has 1 fully saturated rings. The Labute approximate surface area is 132 Å². The molecule has 1 aromatic rings. The zero-order valence-electron chi connectivity index (χ0n) is 13.2. The minimum atomic E-state index is 0.0374. The summed E-state index contributed by atoms with van der Waals surface area (Å²) in [5.41, 5.74) is 6.88. The fourth-order valence-electron chi connectivity index (χ4n) is 2.82. The summed E-state index contributed by atoms with van der Waals surface area (Å²) in [6.07, 6.45) is 4.96. The van der Waals surface area contributed by atoms with E-state index in [9.17, 15) is 4.79 Å². The molecule has 0 bridgehead atoms. The van der Waals surface area contributed by atoms with Gasteiger partial charge in [0.05, 0.1) is 6.61 Å². The maximum atomic E-state index is 12.1. The summed E-state index contributed by atoms with van der Waals surface area (Å²) in [6.45, 7) is 1.07. The number of methoxy groups -OCH3 is 1. The fraction of sp³-hybridized carbons (Fsp3) is 0.588. The Balaban J connectivity index is 1.78. The monoisotopic (exact) mass is 306 g/mol. The summed E-state index contributed by atoms with van der Waals surface area (Å²) in [7, 11) is 1.64. The van der Waals surface area contributed by atoms with Gasteiger partial charge >= 0.3 is 0 Å². The van der Waals surface area contributed by atoms with Crippen LogP contribution in [-0.2, 0) is 9.53 Å². The fourth-order valence-corrected chi connectivity index (χ4v) is 2.82. The number of carbonyl (C=O) groups excluding carboxylic acids is 1. The van der Waals surface area contributed by atoms with E-state index in [4.69, 9.17) is 15.2 Å². The summed E-state index contributed by atoms with van der Waals surface area (Å²) < 4.78 is 10.4. The lowest BCUT2D eigenvalue weighted by molar-refractivity contribution is -0.117. The summed E-state index contributed by atoms with van der Waals surface area (Å²) in [5.74, 6) is 1.12. The van der Waals surface area contributed by atoms with Gasteiger partial charge in [0, 0.05) is 25.3 Å². The minimum absolute atomic E-state index is 0.0374. The zero-order chi connectivity index (χ0) is 15.8. The molecule has 2 rings (SSSR count). The summed E-state index contributed by atoms with van der Waals surface area (Å²) in [4.78, 5) is 12.1. The summed E-state index contributed by atoms with van der Waals surface area (Å²) in [5, 5.41) is 2.93. The number of nitrogens with two attached hydrogens (primary N) is 1. The number of hydrogen-bond donors (Lipinski definition) is 2. The van der Waals surface area contributed by atoms with Crippen molar-refractivity contribution in [3.05, 3.63) is 24.3 Å². The Hall–Kier alpha value is -1.59. The third kappa shape index (κ3) is 5.31. The van der Waals surface area contributed by atoms with Crippen molar-refractivity contribution in [1.82, 2.24) is 0 Å². The molecule has 0 aliphatic heterocycles. The van der Waals surface area contributed by atoms with Gasteiger partial charge in [0.25, 0.3) is 0 Å². The van der Waals surface area contributed by atoms with Crippen LogP contribution in [0.15, 0.2) is 24.3 Å². The van der Waals surface area contributed by atoms with E-state index in [2.05, 4.69) is 5.32 Å². The number of amides is 1. The van der Waals surface area contributed by atoms with Crippen molar-refractivity contribution in [2.45, 2.75) is 38.1 Å². The number of nitrogens with one attached hydrogen (secondary N) is 1. The highest BCUT2D eigenvalue weighted by molar-refractivity contribution is 5.90. The molecule has 5 nitrogen and oxygen atoms in total. The Kier molecular flexibility index (Phi) is 6.68. The molecule has 0 radical (unpaired) electrons. The standard InChI is InChI=1S/C17H26N2O3/c1-21-10-11-22-15-8-6-14(7-9-15)19-17(20)12-13-4-2-3-5-16(13)18/h6-9,13,16H,2-5,10-12,18H2,1H3,(H,19,20). The van der Waals surface area contributed by atoms with Crippen LogP contribution in [0.25, 0.3) is 0 Å². The number of anilines is 1. The predicted octanol–water partition coefficient (Wildman–Crippen LogP) is 2.56. The molecule has 5 heteroatoms. The second kappa shape index (κ2) is 8.76. The van der Waals surface area contributed by atoms with Crippen LogP contribution in [-0.4, -0.2) is 32.3 Å². The third-order valence-electron chi connectivity index (χ3n) is 4.11. The van der Waals surface area contributed by atoms with Gasteiger partial charge in [0.2, 0.25) is 5.91 Å². The van der Waals surface area contributed by atoms with Crippen molar-refractivity contribution in [2.75, 3.05) is 25.6 Å². The van der Waals surface area contributed by atoms with Crippen LogP contribution in [0.1, 0.15) is 32.1 Å². The normalized spacial score (nSPS) is 21.4. The smallest absolute Gasteiger partial charge is 0.224 e. The Morgan fingerprint density at radius 2 is 1.95 bits per heavy atom. The Morgan fingerprint density at radius 1 is 1.23 bits per heavy atom. The van der Waals surface area contributed by atoms with Crippen LogP contribution < -0.4 is 15.8 Å². The van der Waals surface area contributed by atoms with Gasteiger partial charge in [-0.25, -0.2) is 0 Å². The molecule has 1 aliphatic rings. The first-order valence-corrected chi connectivity index (χ1v) is 7.96. The van der Waals surface area contributed by atoms with Gasteiger partial charge in [-0.2, -0.15) is 0 Å². The third-order valence-corrected chi connectivity index (χ3v) is 4.11. The maximum absolute atomic E-state index is 12.1. The zero-order valence-corrected chi connectivity index (χ0v) is 13.2. The Morgan fingerprint density at radius 3 is 2.64 bits per heavy atom. The first-order valence-electron chi connectivity index (χ1n) is 7.96. The highest BCUT2D eigenvalue weighted by Crippen LogP contribution is 2.26. The predicted molar refractivity (Wildman–Crippen MR) is 87.0 cm³/mol. The number of benzene rings is 1. The topological polar surface area (TPSA) is 73.6 Å². The van der Waals surface area contributed by atoms with Gasteiger partial charge in [0.15, 0.2) is 0 Å². The average Bonchev–Trinajstić information content (AvgIpc) is 2.51. The van der Waals surface area contributed by atoms with Crippen LogP contribution in [0.2, 0.25) is 0 Å². The molecule has 0 aromatic heterocycles. The van der Waals surface area contributed by atoms with Crippen molar-refractivity contribution < 1.29 is 14.3 Å². The summed E-state index contributed by atoms with van der Waals surface area (Å²) >= 11 is 0. The van der Waals surface area contributed by atoms with Crippen molar-refractivity contribution in [3.63, 3.8) is 0 Å². The lowest BCUT2D eigenvalue weighted by Gasteiger charge is -2.27. The van der Waals surface area contributed by atoms with Crippen LogP contribution in [0.5, 0.6) is 5.75 Å². The molecular formula is C17H26N2O3. The van der Waals surface area contributed by atoms with E-state index in [0.717, 1.165) is 24.3 Å². The molecule has 1 aromatic carbocycles. The lowest BCUT2D eigenvalue weighted by Crippen LogP contribution is -2.35. The molecule has 22 heavy (non-hydrogen) atoms. The van der Waals surface area contributed by atoms with E-state index < -0.39 is 0 Å². The lowest BCUT2D eigenvalue weighted by atomic mass is 9.83. The van der Waals surface area contributed by atoms with Crippen LogP contribution in [0.3, 0.4) is 0 Å². The first kappa shape index (κ1) is 16.8. The average molecular weight is 306 g/mol. The highest BCUT2D eigenvalue weighted by atomic mass is 16.5. The van der Waals surface area contributed by atoms with E-state index >= 15 is 0 Å². The van der Waals surface area contributed by atoms with Gasteiger partial charge < -0.3 is 20.5 Å². The number of rotatable bonds is 7. The van der Waals surface area contributed by atoms with Crippen molar-refractivity contribution >= 4 is 11.6 Å². The molecule has 2 atom stereocenters. The van der Waals surface area contributed by atoms with E-state index in [1.807, 2.05) is 24.3 Å². The molecule has 3 N–H and O–H groups in total. The van der Waals surface area contributed by atoms with Crippen molar-refractivity contribution in [2.24, 2.45) is 11.7 Å². The van der Waals surface area contributed by atoms with E-state index in [1.54, 1.807) is 7.11 Å². The number of hydrogen-bond acceptors (Lipinski definition) is 4. The molecule has 2 unspecified atom stereocenters. The second-order valence-electron chi connectivity index (χ2n) is 5.83. The van der Waals surface area contributed by atoms with Gasteiger partial charge in [-0.3, -0.25) is 4.79 Å². The van der Waals surface area contributed by atoms with Gasteiger partial charge in [0.1, 0.15) is 12.4 Å². The first-order chi connectivity index (χ1) is 10.7. The highest BCUT2D eigenvalue weighted by Gasteiger charge is 2.24. The molecule has 122 valence electrons. The largest absolute Gasteiger partial charge is 0.491 e. The maximum Gasteiger partial charge on any atom is 0.224 e. The van der Waals surface area contributed by atoms with Crippen LogP contribution >= 0.6 is 0 Å². The van der Waals surface area contributed by atoms with Gasteiger partial charge in [-0.15, -0.1) is 0 Å². The number of ether oxygens (including phenoxy) is 2. The minimum Gasteiger partial charge on any atom is -0.491 e. The van der Waals surface area contributed by atoms with Gasteiger partial charge in [-0.05, 0) is 43.0 Å². The molecule has 0 saturated heterocycles. The molecular weight excluding hydrogens is 280 g/mol. The molecule has 0 spiro atoms. The molecule has 1 saturated carbocycles. The summed E-state index contributed by atoms with van der Waals surface area (Å²) in [6, 6.07) is 7.55. The van der Waals surface area contributed by atoms with Gasteiger partial charge in [-0.1, -0.05) is 12.8 Å². The molecule has 0 heterocycles. The van der Waals surface area contributed by atoms with E-state index in [0.29, 0.717) is 25.6 Å². The Bertz CT molecular complexity index is 461. The molecule has 1 amide bonds. The molecule has 1 aliphatic carbocycles.